The third-order valence-corrected chi connectivity index (χ3v) is 2.02. The SMILES string of the molecule is CC.CNC(=O)c1ccccc1CNC(C)=O. The lowest BCUT2D eigenvalue weighted by molar-refractivity contribution is -0.119. The molecule has 4 nitrogen and oxygen atoms in total. The summed E-state index contributed by atoms with van der Waals surface area (Å²) >= 11 is 0. The van der Waals surface area contributed by atoms with E-state index in [9.17, 15) is 9.59 Å². The van der Waals surface area contributed by atoms with Gasteiger partial charge in [0.25, 0.3) is 5.91 Å². The molecular weight excluding hydrogens is 216 g/mol. The summed E-state index contributed by atoms with van der Waals surface area (Å²) in [6, 6.07) is 7.18. The average Bonchev–Trinajstić information content (AvgIpc) is 2.38. The van der Waals surface area contributed by atoms with Gasteiger partial charge in [-0.15, -0.1) is 0 Å². The first-order valence-corrected chi connectivity index (χ1v) is 5.69. The second kappa shape index (κ2) is 8.33. The quantitative estimate of drug-likeness (QED) is 0.839. The summed E-state index contributed by atoms with van der Waals surface area (Å²) < 4.78 is 0. The van der Waals surface area contributed by atoms with E-state index in [0.29, 0.717) is 12.1 Å². The van der Waals surface area contributed by atoms with Gasteiger partial charge in [0, 0.05) is 26.1 Å². The molecule has 0 spiro atoms. The Labute approximate surface area is 102 Å². The molecule has 1 aromatic carbocycles. The zero-order valence-electron chi connectivity index (χ0n) is 10.8. The zero-order chi connectivity index (χ0) is 13.3. The van der Waals surface area contributed by atoms with Crippen LogP contribution in [0, 0.1) is 0 Å². The molecule has 0 saturated heterocycles. The van der Waals surface area contributed by atoms with E-state index < -0.39 is 0 Å². The predicted molar refractivity (Wildman–Crippen MR) is 68.7 cm³/mol. The molecule has 0 heterocycles. The Kier molecular flexibility index (Phi) is 7.43. The van der Waals surface area contributed by atoms with E-state index >= 15 is 0 Å². The van der Waals surface area contributed by atoms with Gasteiger partial charge >= 0.3 is 0 Å². The number of amides is 2. The number of carbonyl (C=O) groups excluding carboxylic acids is 2. The summed E-state index contributed by atoms with van der Waals surface area (Å²) in [5, 5.41) is 5.22. The van der Waals surface area contributed by atoms with Crippen LogP contribution in [0.25, 0.3) is 0 Å². The maximum absolute atomic E-state index is 11.5. The number of benzene rings is 1. The fourth-order valence-corrected chi connectivity index (χ4v) is 1.25. The molecule has 17 heavy (non-hydrogen) atoms. The van der Waals surface area contributed by atoms with Crippen LogP contribution in [0.3, 0.4) is 0 Å². The van der Waals surface area contributed by atoms with Crippen molar-refractivity contribution in [2.75, 3.05) is 7.05 Å². The first-order valence-electron chi connectivity index (χ1n) is 5.69. The number of rotatable bonds is 3. The van der Waals surface area contributed by atoms with Crippen LogP contribution < -0.4 is 10.6 Å². The molecule has 0 radical (unpaired) electrons. The molecule has 94 valence electrons. The van der Waals surface area contributed by atoms with Crippen molar-refractivity contribution >= 4 is 11.8 Å². The van der Waals surface area contributed by atoms with E-state index in [1.807, 2.05) is 26.0 Å². The van der Waals surface area contributed by atoms with E-state index in [-0.39, 0.29) is 11.8 Å². The summed E-state index contributed by atoms with van der Waals surface area (Å²) in [5.41, 5.74) is 1.40. The number of carbonyl (C=O) groups is 2. The van der Waals surface area contributed by atoms with E-state index in [2.05, 4.69) is 10.6 Å². The van der Waals surface area contributed by atoms with Crippen molar-refractivity contribution in [3.8, 4) is 0 Å². The first-order chi connectivity index (χ1) is 8.15. The maximum atomic E-state index is 11.5. The smallest absolute Gasteiger partial charge is 0.251 e. The second-order valence-electron chi connectivity index (χ2n) is 3.15. The highest BCUT2D eigenvalue weighted by Crippen LogP contribution is 2.08. The molecule has 0 aromatic heterocycles. The van der Waals surface area contributed by atoms with Gasteiger partial charge in [0.1, 0.15) is 0 Å². The lowest BCUT2D eigenvalue weighted by Gasteiger charge is -2.08. The molecule has 0 aliphatic heterocycles. The van der Waals surface area contributed by atoms with Gasteiger partial charge in [0.05, 0.1) is 0 Å². The van der Waals surface area contributed by atoms with Crippen molar-refractivity contribution in [1.82, 2.24) is 10.6 Å². The van der Waals surface area contributed by atoms with Crippen LogP contribution in [0.1, 0.15) is 36.7 Å². The Morgan fingerprint density at radius 3 is 2.29 bits per heavy atom. The van der Waals surface area contributed by atoms with E-state index in [1.54, 1.807) is 19.2 Å². The summed E-state index contributed by atoms with van der Waals surface area (Å²) in [4.78, 5) is 22.2. The van der Waals surface area contributed by atoms with Crippen LogP contribution in [0.5, 0.6) is 0 Å². The average molecular weight is 236 g/mol. The molecule has 0 atom stereocenters. The van der Waals surface area contributed by atoms with Crippen LogP contribution in [0.4, 0.5) is 0 Å². The van der Waals surface area contributed by atoms with Crippen molar-refractivity contribution < 1.29 is 9.59 Å². The standard InChI is InChI=1S/C11H14N2O2.C2H6/c1-8(14)13-7-9-5-3-4-6-10(9)11(15)12-2;1-2/h3-6H,7H2,1-2H3,(H,12,15)(H,13,14);1-2H3. The van der Waals surface area contributed by atoms with Crippen LogP contribution >= 0.6 is 0 Å². The van der Waals surface area contributed by atoms with Crippen molar-refractivity contribution in [2.24, 2.45) is 0 Å². The van der Waals surface area contributed by atoms with Crippen LogP contribution in [-0.2, 0) is 11.3 Å². The Hall–Kier alpha value is -1.84. The van der Waals surface area contributed by atoms with Crippen molar-refractivity contribution in [1.29, 1.82) is 0 Å². The normalized spacial score (nSPS) is 8.71. The Bertz CT molecular complexity index is 375. The van der Waals surface area contributed by atoms with E-state index in [4.69, 9.17) is 0 Å². The molecule has 1 aromatic rings. The first kappa shape index (κ1) is 15.2. The van der Waals surface area contributed by atoms with Crippen molar-refractivity contribution in [3.63, 3.8) is 0 Å². The molecule has 2 N–H and O–H groups in total. The van der Waals surface area contributed by atoms with Crippen LogP contribution in [0.15, 0.2) is 24.3 Å². The lowest BCUT2D eigenvalue weighted by Crippen LogP contribution is -2.24. The number of hydrogen-bond acceptors (Lipinski definition) is 2. The molecule has 1 rings (SSSR count). The molecule has 0 unspecified atom stereocenters. The fourth-order valence-electron chi connectivity index (χ4n) is 1.25. The number of nitrogens with one attached hydrogen (secondary N) is 2. The van der Waals surface area contributed by atoms with E-state index in [1.165, 1.54) is 6.92 Å². The molecule has 4 heteroatoms. The third-order valence-electron chi connectivity index (χ3n) is 2.02. The molecule has 0 aliphatic carbocycles. The fraction of sp³-hybridized carbons (Fsp3) is 0.385. The minimum Gasteiger partial charge on any atom is -0.355 e. The molecule has 0 fully saturated rings. The maximum Gasteiger partial charge on any atom is 0.251 e. The summed E-state index contributed by atoms with van der Waals surface area (Å²) in [6.07, 6.45) is 0. The molecule has 0 saturated carbocycles. The van der Waals surface area contributed by atoms with E-state index in [0.717, 1.165) is 5.56 Å². The highest BCUT2D eigenvalue weighted by Gasteiger charge is 2.08. The summed E-state index contributed by atoms with van der Waals surface area (Å²) in [6.45, 7) is 5.82. The number of hydrogen-bond donors (Lipinski definition) is 2. The highest BCUT2D eigenvalue weighted by atomic mass is 16.2. The largest absolute Gasteiger partial charge is 0.355 e. The van der Waals surface area contributed by atoms with Gasteiger partial charge in [-0.25, -0.2) is 0 Å². The molecular formula is C13H20N2O2. The van der Waals surface area contributed by atoms with Crippen LogP contribution in [-0.4, -0.2) is 18.9 Å². The Morgan fingerprint density at radius 1 is 1.18 bits per heavy atom. The highest BCUT2D eigenvalue weighted by molar-refractivity contribution is 5.95. The third kappa shape index (κ3) is 5.15. The van der Waals surface area contributed by atoms with Gasteiger partial charge in [-0.1, -0.05) is 32.0 Å². The molecule has 0 aliphatic rings. The monoisotopic (exact) mass is 236 g/mol. The minimum absolute atomic E-state index is 0.110. The summed E-state index contributed by atoms with van der Waals surface area (Å²) in [7, 11) is 1.58. The van der Waals surface area contributed by atoms with Gasteiger partial charge in [0.2, 0.25) is 5.91 Å². The zero-order valence-corrected chi connectivity index (χ0v) is 10.8. The van der Waals surface area contributed by atoms with Gasteiger partial charge in [-0.05, 0) is 11.6 Å². The Morgan fingerprint density at radius 2 is 1.76 bits per heavy atom. The molecule has 2 amide bonds. The minimum atomic E-state index is -0.143. The molecule has 0 bridgehead atoms. The van der Waals surface area contributed by atoms with Crippen molar-refractivity contribution in [3.05, 3.63) is 35.4 Å². The predicted octanol–water partition coefficient (Wildman–Crippen LogP) is 1.71. The van der Waals surface area contributed by atoms with Gasteiger partial charge in [-0.3, -0.25) is 9.59 Å². The van der Waals surface area contributed by atoms with Gasteiger partial charge < -0.3 is 10.6 Å². The lowest BCUT2D eigenvalue weighted by atomic mass is 10.1. The second-order valence-corrected chi connectivity index (χ2v) is 3.15. The van der Waals surface area contributed by atoms with Crippen LogP contribution in [0.2, 0.25) is 0 Å². The van der Waals surface area contributed by atoms with Gasteiger partial charge in [-0.2, -0.15) is 0 Å². The van der Waals surface area contributed by atoms with Crippen molar-refractivity contribution in [2.45, 2.75) is 27.3 Å². The topological polar surface area (TPSA) is 58.2 Å². The summed E-state index contributed by atoms with van der Waals surface area (Å²) in [5.74, 6) is -0.252. The van der Waals surface area contributed by atoms with Gasteiger partial charge in [0.15, 0.2) is 0 Å². The Balaban J connectivity index is 0.00000121.